The van der Waals surface area contributed by atoms with Crippen molar-refractivity contribution in [2.24, 2.45) is 11.3 Å². The molecule has 5 rings (SSSR count). The van der Waals surface area contributed by atoms with Gasteiger partial charge in [-0.15, -0.1) is 0 Å². The van der Waals surface area contributed by atoms with Crippen LogP contribution in [0.5, 0.6) is 0 Å². The van der Waals surface area contributed by atoms with Gasteiger partial charge in [0.15, 0.2) is 17.4 Å². The molecule has 9 nitrogen and oxygen atoms in total. The van der Waals surface area contributed by atoms with E-state index in [1.807, 2.05) is 18.7 Å². The SMILES string of the molecule is Cc1cc(Nc2cc(C(=O)C3COC3)c(F)c(C[C@@]3(C(=O)O)CCN(Cc4cccc(Cl)c4F)[C@H](C)C3)n2)n[nH]1. The fourth-order valence-electron chi connectivity index (χ4n) is 5.41. The molecule has 2 aliphatic heterocycles. The molecule has 2 fully saturated rings. The van der Waals surface area contributed by atoms with Gasteiger partial charge < -0.3 is 15.2 Å². The molecule has 4 heterocycles. The van der Waals surface area contributed by atoms with Crippen molar-refractivity contribution in [2.75, 3.05) is 25.1 Å². The van der Waals surface area contributed by atoms with E-state index in [0.717, 1.165) is 5.69 Å². The van der Waals surface area contributed by atoms with Crippen molar-refractivity contribution < 1.29 is 28.2 Å². The van der Waals surface area contributed by atoms with E-state index in [-0.39, 0.29) is 67.2 Å². The van der Waals surface area contributed by atoms with Crippen LogP contribution in [0.1, 0.15) is 47.1 Å². The first-order chi connectivity index (χ1) is 19.1. The van der Waals surface area contributed by atoms with Crippen molar-refractivity contribution in [3.8, 4) is 0 Å². The molecule has 3 N–H and O–H groups in total. The number of anilines is 2. The number of carboxylic acid groups (broad SMARTS) is 1. The summed E-state index contributed by atoms with van der Waals surface area (Å²) in [6.07, 6.45) is 0.155. The van der Waals surface area contributed by atoms with Gasteiger partial charge in [0.25, 0.3) is 0 Å². The van der Waals surface area contributed by atoms with Crippen LogP contribution in [0, 0.1) is 29.9 Å². The number of aliphatic carboxylic acids is 1. The summed E-state index contributed by atoms with van der Waals surface area (Å²) in [5.41, 5.74) is -0.389. The lowest BCUT2D eigenvalue weighted by molar-refractivity contribution is -0.153. The maximum Gasteiger partial charge on any atom is 0.310 e. The highest BCUT2D eigenvalue weighted by atomic mass is 35.5. The second kappa shape index (κ2) is 11.2. The summed E-state index contributed by atoms with van der Waals surface area (Å²) in [4.78, 5) is 32.2. The minimum absolute atomic E-state index is 0.0286. The largest absolute Gasteiger partial charge is 0.481 e. The minimum atomic E-state index is -1.34. The van der Waals surface area contributed by atoms with Crippen LogP contribution in [0.15, 0.2) is 30.3 Å². The van der Waals surface area contributed by atoms with E-state index in [1.54, 1.807) is 18.2 Å². The van der Waals surface area contributed by atoms with Gasteiger partial charge in [0.1, 0.15) is 11.6 Å². The number of pyridine rings is 1. The van der Waals surface area contributed by atoms with Crippen LogP contribution in [-0.4, -0.2) is 62.7 Å². The van der Waals surface area contributed by atoms with E-state index in [2.05, 4.69) is 20.5 Å². The number of rotatable bonds is 9. The number of aromatic nitrogens is 3. The normalized spacial score (nSPS) is 21.7. The molecule has 0 bridgehead atoms. The van der Waals surface area contributed by atoms with Gasteiger partial charge in [-0.25, -0.2) is 13.8 Å². The minimum Gasteiger partial charge on any atom is -0.481 e. The predicted molar refractivity (Wildman–Crippen MR) is 144 cm³/mol. The number of likely N-dealkylation sites (tertiary alicyclic amines) is 1. The molecule has 2 aromatic heterocycles. The number of ether oxygens (including phenoxy) is 1. The summed E-state index contributed by atoms with van der Waals surface area (Å²) in [5.74, 6) is -2.65. The van der Waals surface area contributed by atoms with Crippen molar-refractivity contribution in [3.05, 3.63) is 69.5 Å². The Labute approximate surface area is 234 Å². The summed E-state index contributed by atoms with van der Waals surface area (Å²) in [5, 5.41) is 20.3. The zero-order valence-corrected chi connectivity index (χ0v) is 22.9. The van der Waals surface area contributed by atoms with Crippen molar-refractivity contribution in [3.63, 3.8) is 0 Å². The van der Waals surface area contributed by atoms with Gasteiger partial charge in [-0.2, -0.15) is 5.10 Å². The van der Waals surface area contributed by atoms with Crippen LogP contribution in [0.4, 0.5) is 20.4 Å². The Morgan fingerprint density at radius 1 is 1.25 bits per heavy atom. The first-order valence-corrected chi connectivity index (χ1v) is 13.4. The summed E-state index contributed by atoms with van der Waals surface area (Å²) in [7, 11) is 0. The molecule has 0 amide bonds. The maximum absolute atomic E-state index is 15.9. The van der Waals surface area contributed by atoms with Gasteiger partial charge in [-0.1, -0.05) is 23.7 Å². The number of aromatic amines is 1. The lowest BCUT2D eigenvalue weighted by atomic mass is 9.72. The van der Waals surface area contributed by atoms with Crippen LogP contribution in [0.3, 0.4) is 0 Å². The molecule has 2 aliphatic rings. The summed E-state index contributed by atoms with van der Waals surface area (Å²) in [6.45, 7) is 4.70. The Morgan fingerprint density at radius 2 is 2.02 bits per heavy atom. The number of hydrogen-bond acceptors (Lipinski definition) is 7. The Hall–Kier alpha value is -3.41. The van der Waals surface area contributed by atoms with E-state index in [1.165, 1.54) is 12.1 Å². The fourth-order valence-corrected chi connectivity index (χ4v) is 5.61. The molecule has 0 aliphatic carbocycles. The second-order valence-corrected chi connectivity index (χ2v) is 11.1. The molecule has 1 aromatic carbocycles. The molecular formula is C28H30ClF2N5O4. The number of H-pyrrole nitrogens is 1. The van der Waals surface area contributed by atoms with Crippen LogP contribution in [-0.2, 0) is 22.5 Å². The van der Waals surface area contributed by atoms with E-state index in [4.69, 9.17) is 16.3 Å². The summed E-state index contributed by atoms with van der Waals surface area (Å²) >= 11 is 5.94. The van der Waals surface area contributed by atoms with Gasteiger partial charge in [0.05, 0.1) is 40.8 Å². The van der Waals surface area contributed by atoms with Gasteiger partial charge in [-0.3, -0.25) is 19.6 Å². The maximum atomic E-state index is 15.9. The molecule has 12 heteroatoms. The summed E-state index contributed by atoms with van der Waals surface area (Å²) in [6, 6.07) is 7.60. The topological polar surface area (TPSA) is 120 Å². The molecule has 212 valence electrons. The molecule has 40 heavy (non-hydrogen) atoms. The van der Waals surface area contributed by atoms with Crippen molar-refractivity contribution in [2.45, 2.75) is 45.7 Å². The lowest BCUT2D eigenvalue weighted by Crippen LogP contribution is -2.50. The predicted octanol–water partition coefficient (Wildman–Crippen LogP) is 4.92. The van der Waals surface area contributed by atoms with E-state index < -0.39 is 34.7 Å². The lowest BCUT2D eigenvalue weighted by Gasteiger charge is -2.43. The highest BCUT2D eigenvalue weighted by Gasteiger charge is 2.46. The number of carboxylic acids is 1. The smallest absolute Gasteiger partial charge is 0.310 e. The zero-order valence-electron chi connectivity index (χ0n) is 22.1. The van der Waals surface area contributed by atoms with E-state index >= 15 is 4.39 Å². The number of halogens is 3. The highest BCUT2D eigenvalue weighted by Crippen LogP contribution is 2.40. The Kier molecular flexibility index (Phi) is 7.89. The third kappa shape index (κ3) is 5.59. The van der Waals surface area contributed by atoms with E-state index in [9.17, 15) is 19.1 Å². The zero-order chi connectivity index (χ0) is 28.6. The molecule has 0 saturated carbocycles. The molecular weight excluding hydrogens is 544 g/mol. The average Bonchev–Trinajstić information content (AvgIpc) is 3.28. The fraction of sp³-hybridized carbons (Fsp3) is 0.429. The number of carbonyl (C=O) groups is 2. The summed E-state index contributed by atoms with van der Waals surface area (Å²) < 4.78 is 35.5. The van der Waals surface area contributed by atoms with Crippen molar-refractivity contribution in [1.29, 1.82) is 0 Å². The van der Waals surface area contributed by atoms with E-state index in [0.29, 0.717) is 17.9 Å². The van der Waals surface area contributed by atoms with Crippen molar-refractivity contribution >= 4 is 35.0 Å². The number of Topliss-reactive ketones (excluding diaryl/α,β-unsaturated/α-hetero) is 1. The Morgan fingerprint density at radius 3 is 2.65 bits per heavy atom. The van der Waals surface area contributed by atoms with Crippen LogP contribution in [0.2, 0.25) is 5.02 Å². The number of ketones is 1. The van der Waals surface area contributed by atoms with Gasteiger partial charge in [0, 0.05) is 36.3 Å². The number of aryl methyl sites for hydroxylation is 1. The van der Waals surface area contributed by atoms with Crippen LogP contribution < -0.4 is 5.32 Å². The third-order valence-electron chi connectivity index (χ3n) is 7.81. The molecule has 0 spiro atoms. The standard InChI is InChI=1S/C28H30ClF2N5O4/c1-15-8-23(35-34-15)33-22-9-19(26(37)18-13-40-14-18)25(31)21(32-22)11-28(27(38)39)6-7-36(16(2)10-28)12-17-4-3-5-20(29)24(17)30/h3-5,8-9,16,18H,6-7,10-14H2,1-2H3,(H,38,39)(H2,32,33,34,35)/t16-,28-/m1/s1. The molecule has 2 saturated heterocycles. The number of nitrogens with zero attached hydrogens (tertiary/aromatic N) is 3. The highest BCUT2D eigenvalue weighted by molar-refractivity contribution is 6.30. The van der Waals surface area contributed by atoms with Crippen LogP contribution in [0.25, 0.3) is 0 Å². The van der Waals surface area contributed by atoms with Gasteiger partial charge in [0.2, 0.25) is 0 Å². The number of carbonyl (C=O) groups excluding carboxylic acids is 1. The number of piperidine rings is 1. The number of hydrogen-bond donors (Lipinski definition) is 3. The van der Waals surface area contributed by atoms with Gasteiger partial charge in [-0.05, 0) is 45.4 Å². The average molecular weight is 574 g/mol. The molecule has 0 radical (unpaired) electrons. The first kappa shape index (κ1) is 28.1. The second-order valence-electron chi connectivity index (χ2n) is 10.7. The quantitative estimate of drug-likeness (QED) is 0.309. The number of benzene rings is 1. The monoisotopic (exact) mass is 573 g/mol. The van der Waals surface area contributed by atoms with Crippen molar-refractivity contribution in [1.82, 2.24) is 20.1 Å². The van der Waals surface area contributed by atoms with Gasteiger partial charge >= 0.3 is 5.97 Å². The third-order valence-corrected chi connectivity index (χ3v) is 8.11. The Balaban J connectivity index is 1.43. The molecule has 2 atom stereocenters. The molecule has 0 unspecified atom stereocenters. The first-order valence-electron chi connectivity index (χ1n) is 13.1. The Bertz CT molecular complexity index is 1450. The number of nitrogens with one attached hydrogen (secondary N) is 2. The molecule has 3 aromatic rings. The van der Waals surface area contributed by atoms with Crippen LogP contribution >= 0.6 is 11.6 Å².